The molecule has 1 aliphatic heterocycles. The molecule has 30 heavy (non-hydrogen) atoms. The zero-order valence-electron chi connectivity index (χ0n) is 17.1. The molecular weight excluding hydrogens is 411 g/mol. The second-order valence-corrected chi connectivity index (χ2v) is 7.73. The van der Waals surface area contributed by atoms with Gasteiger partial charge in [0, 0.05) is 18.8 Å². The lowest BCUT2D eigenvalue weighted by Gasteiger charge is -2.38. The van der Waals surface area contributed by atoms with Crippen LogP contribution in [0.5, 0.6) is 0 Å². The smallest absolute Gasteiger partial charge is 0.337 e. The summed E-state index contributed by atoms with van der Waals surface area (Å²) in [6.45, 7) is 4.97. The predicted octanol–water partition coefficient (Wildman–Crippen LogP) is 4.50. The Kier molecular flexibility index (Phi) is 6.95. The quantitative estimate of drug-likeness (QED) is 0.665. The normalized spacial score (nSPS) is 18.8. The summed E-state index contributed by atoms with van der Waals surface area (Å²) in [5, 5.41) is -0.0601. The van der Waals surface area contributed by atoms with E-state index >= 15 is 0 Å². The SMILES string of the molecule is COC(=O)c1ccc(CN(C(=O)N2CC(C)OC(C)C2)c2ccc(F)c(Cl)c2)cc1. The van der Waals surface area contributed by atoms with Crippen LogP contribution in [0.2, 0.25) is 5.02 Å². The van der Waals surface area contributed by atoms with Crippen LogP contribution in [0.4, 0.5) is 14.9 Å². The second kappa shape index (κ2) is 9.45. The molecule has 1 saturated heterocycles. The summed E-state index contributed by atoms with van der Waals surface area (Å²) in [7, 11) is 1.32. The van der Waals surface area contributed by atoms with Crippen LogP contribution in [-0.4, -0.2) is 49.3 Å². The highest BCUT2D eigenvalue weighted by atomic mass is 35.5. The van der Waals surface area contributed by atoms with E-state index in [0.29, 0.717) is 24.3 Å². The molecule has 160 valence electrons. The van der Waals surface area contributed by atoms with E-state index in [0.717, 1.165) is 5.56 Å². The van der Waals surface area contributed by atoms with Gasteiger partial charge < -0.3 is 14.4 Å². The Hall–Kier alpha value is -2.64. The number of morpholine rings is 1. The average Bonchev–Trinajstić information content (AvgIpc) is 2.72. The first-order valence-corrected chi connectivity index (χ1v) is 10.0. The van der Waals surface area contributed by atoms with E-state index < -0.39 is 11.8 Å². The minimum absolute atomic E-state index is 0.0601. The maximum absolute atomic E-state index is 13.7. The van der Waals surface area contributed by atoms with Gasteiger partial charge >= 0.3 is 12.0 Å². The highest BCUT2D eigenvalue weighted by Crippen LogP contribution is 2.26. The number of halogens is 2. The van der Waals surface area contributed by atoms with Gasteiger partial charge in [0.15, 0.2) is 0 Å². The summed E-state index contributed by atoms with van der Waals surface area (Å²) in [4.78, 5) is 28.3. The van der Waals surface area contributed by atoms with Gasteiger partial charge in [0.25, 0.3) is 0 Å². The van der Waals surface area contributed by atoms with Crippen LogP contribution in [0.1, 0.15) is 29.8 Å². The molecule has 1 fully saturated rings. The predicted molar refractivity (Wildman–Crippen MR) is 112 cm³/mol. The number of amides is 2. The number of rotatable bonds is 4. The average molecular weight is 435 g/mol. The molecule has 0 saturated carbocycles. The number of methoxy groups -OCH3 is 1. The molecule has 0 radical (unpaired) electrons. The molecule has 6 nitrogen and oxygen atoms in total. The van der Waals surface area contributed by atoms with Gasteiger partial charge in [0.2, 0.25) is 0 Å². The Bertz CT molecular complexity index is 912. The Morgan fingerprint density at radius 1 is 1.17 bits per heavy atom. The third kappa shape index (κ3) is 5.09. The molecule has 2 aromatic rings. The van der Waals surface area contributed by atoms with Gasteiger partial charge in [0.05, 0.1) is 36.4 Å². The number of hydrogen-bond acceptors (Lipinski definition) is 4. The van der Waals surface area contributed by atoms with E-state index in [1.807, 2.05) is 13.8 Å². The van der Waals surface area contributed by atoms with Crippen molar-refractivity contribution in [2.75, 3.05) is 25.1 Å². The van der Waals surface area contributed by atoms with Gasteiger partial charge in [-0.15, -0.1) is 0 Å². The summed E-state index contributed by atoms with van der Waals surface area (Å²) >= 11 is 5.97. The topological polar surface area (TPSA) is 59.1 Å². The van der Waals surface area contributed by atoms with Crippen molar-refractivity contribution in [3.05, 3.63) is 64.4 Å². The van der Waals surface area contributed by atoms with Crippen molar-refractivity contribution < 1.29 is 23.5 Å². The molecule has 0 spiro atoms. The number of hydrogen-bond donors (Lipinski definition) is 0. The van der Waals surface area contributed by atoms with E-state index in [4.69, 9.17) is 21.1 Å². The number of urea groups is 1. The maximum atomic E-state index is 13.7. The van der Waals surface area contributed by atoms with Crippen molar-refractivity contribution in [2.24, 2.45) is 0 Å². The molecule has 2 amide bonds. The molecule has 0 N–H and O–H groups in total. The van der Waals surface area contributed by atoms with Gasteiger partial charge in [-0.3, -0.25) is 4.90 Å². The van der Waals surface area contributed by atoms with Crippen molar-refractivity contribution in [2.45, 2.75) is 32.6 Å². The number of benzene rings is 2. The van der Waals surface area contributed by atoms with Crippen LogP contribution < -0.4 is 4.90 Å². The summed E-state index contributed by atoms with van der Waals surface area (Å²) < 4.78 is 24.1. The van der Waals surface area contributed by atoms with E-state index in [-0.39, 0.29) is 29.8 Å². The number of carbonyl (C=O) groups is 2. The number of ether oxygens (including phenoxy) is 2. The van der Waals surface area contributed by atoms with E-state index in [9.17, 15) is 14.0 Å². The van der Waals surface area contributed by atoms with Crippen molar-refractivity contribution >= 4 is 29.3 Å². The zero-order valence-corrected chi connectivity index (χ0v) is 17.9. The summed E-state index contributed by atoms with van der Waals surface area (Å²) in [5.41, 5.74) is 1.70. The molecule has 2 unspecified atom stereocenters. The van der Waals surface area contributed by atoms with Gasteiger partial charge in [0.1, 0.15) is 5.82 Å². The molecular formula is C22H24ClFN2O4. The molecule has 0 aliphatic carbocycles. The van der Waals surface area contributed by atoms with Gasteiger partial charge in [-0.05, 0) is 49.7 Å². The van der Waals surface area contributed by atoms with Gasteiger partial charge in [-0.2, -0.15) is 0 Å². The molecule has 1 heterocycles. The standard InChI is InChI=1S/C22H24ClFN2O4/c1-14-11-25(12-15(2)30-14)22(28)26(18-8-9-20(24)19(23)10-18)13-16-4-6-17(7-5-16)21(27)29-3/h4-10,14-15H,11-13H2,1-3H3. The Labute approximate surface area is 180 Å². The Morgan fingerprint density at radius 3 is 2.37 bits per heavy atom. The first-order chi connectivity index (χ1) is 14.3. The van der Waals surface area contributed by atoms with Crippen molar-refractivity contribution in [1.29, 1.82) is 0 Å². The largest absolute Gasteiger partial charge is 0.465 e. The van der Waals surface area contributed by atoms with Gasteiger partial charge in [-0.25, -0.2) is 14.0 Å². The summed E-state index contributed by atoms with van der Waals surface area (Å²) in [6, 6.07) is 10.8. The lowest BCUT2D eigenvalue weighted by Crippen LogP contribution is -2.52. The fraction of sp³-hybridized carbons (Fsp3) is 0.364. The third-order valence-corrected chi connectivity index (χ3v) is 5.14. The van der Waals surface area contributed by atoms with E-state index in [1.165, 1.54) is 25.3 Å². The first kappa shape index (κ1) is 22.1. The number of carbonyl (C=O) groups excluding carboxylic acids is 2. The van der Waals surface area contributed by atoms with Crippen LogP contribution in [0.15, 0.2) is 42.5 Å². The molecule has 3 rings (SSSR count). The number of nitrogens with zero attached hydrogens (tertiary/aromatic N) is 2. The van der Waals surface area contributed by atoms with Crippen LogP contribution in [-0.2, 0) is 16.0 Å². The maximum Gasteiger partial charge on any atom is 0.337 e. The molecule has 8 heteroatoms. The third-order valence-electron chi connectivity index (χ3n) is 4.85. The lowest BCUT2D eigenvalue weighted by molar-refractivity contribution is -0.0537. The van der Waals surface area contributed by atoms with Crippen LogP contribution in [0.3, 0.4) is 0 Å². The summed E-state index contributed by atoms with van der Waals surface area (Å²) in [6.07, 6.45) is -0.175. The van der Waals surface area contributed by atoms with E-state index in [2.05, 4.69) is 0 Å². The summed E-state index contributed by atoms with van der Waals surface area (Å²) in [5.74, 6) is -0.986. The zero-order chi connectivity index (χ0) is 21.8. The minimum atomic E-state index is -0.552. The Morgan fingerprint density at radius 2 is 1.80 bits per heavy atom. The van der Waals surface area contributed by atoms with Crippen molar-refractivity contribution in [1.82, 2.24) is 4.90 Å². The lowest BCUT2D eigenvalue weighted by atomic mass is 10.1. The van der Waals surface area contributed by atoms with Crippen LogP contribution in [0, 0.1) is 5.82 Å². The second-order valence-electron chi connectivity index (χ2n) is 7.32. The molecule has 0 bridgehead atoms. The number of anilines is 1. The fourth-order valence-electron chi connectivity index (χ4n) is 3.47. The molecule has 2 aromatic carbocycles. The molecule has 2 atom stereocenters. The Balaban J connectivity index is 1.90. The van der Waals surface area contributed by atoms with Crippen molar-refractivity contribution in [3.63, 3.8) is 0 Å². The minimum Gasteiger partial charge on any atom is -0.465 e. The van der Waals surface area contributed by atoms with Crippen molar-refractivity contribution in [3.8, 4) is 0 Å². The number of esters is 1. The molecule has 0 aromatic heterocycles. The van der Waals surface area contributed by atoms with Gasteiger partial charge in [-0.1, -0.05) is 23.7 Å². The molecule has 1 aliphatic rings. The van der Waals surface area contributed by atoms with Crippen LogP contribution in [0.25, 0.3) is 0 Å². The fourth-order valence-corrected chi connectivity index (χ4v) is 3.65. The highest BCUT2D eigenvalue weighted by Gasteiger charge is 2.30. The van der Waals surface area contributed by atoms with Crippen LogP contribution >= 0.6 is 11.6 Å². The monoisotopic (exact) mass is 434 g/mol. The highest BCUT2D eigenvalue weighted by molar-refractivity contribution is 6.31. The first-order valence-electron chi connectivity index (χ1n) is 9.62. The van der Waals surface area contributed by atoms with E-state index in [1.54, 1.807) is 34.1 Å².